The van der Waals surface area contributed by atoms with Gasteiger partial charge in [-0.15, -0.1) is 11.8 Å². The zero-order valence-corrected chi connectivity index (χ0v) is 26.6. The number of nitrogens with zero attached hydrogens (tertiary/aromatic N) is 3. The van der Waals surface area contributed by atoms with Crippen molar-refractivity contribution in [3.05, 3.63) is 45.2 Å². The summed E-state index contributed by atoms with van der Waals surface area (Å²) in [4.78, 5) is 47.8. The van der Waals surface area contributed by atoms with Crippen molar-refractivity contribution in [3.8, 4) is 0 Å². The highest BCUT2D eigenvalue weighted by atomic mass is 35.5. The maximum atomic E-state index is 12.6. The van der Waals surface area contributed by atoms with Gasteiger partial charge in [0.2, 0.25) is 0 Å². The molecule has 44 heavy (non-hydrogen) atoms. The Morgan fingerprint density at radius 2 is 1.77 bits per heavy atom. The number of benzene rings is 1. The lowest BCUT2D eigenvalue weighted by Gasteiger charge is -2.26. The number of carbonyl (C=O) groups excluding carboxylic acids is 2. The Morgan fingerprint density at radius 3 is 2.41 bits per heavy atom. The van der Waals surface area contributed by atoms with Crippen molar-refractivity contribution in [1.29, 1.82) is 0 Å². The Balaban J connectivity index is 1.36. The van der Waals surface area contributed by atoms with E-state index in [0.717, 1.165) is 50.5 Å². The second kappa shape index (κ2) is 13.5. The fourth-order valence-corrected chi connectivity index (χ4v) is 6.53. The van der Waals surface area contributed by atoms with E-state index in [4.69, 9.17) is 33.5 Å². The van der Waals surface area contributed by atoms with Crippen molar-refractivity contribution in [1.82, 2.24) is 20.6 Å². The van der Waals surface area contributed by atoms with Crippen LogP contribution < -0.4 is 27.8 Å². The summed E-state index contributed by atoms with van der Waals surface area (Å²) in [6.07, 6.45) is 6.25. The second-order valence-electron chi connectivity index (χ2n) is 11.9. The fourth-order valence-electron chi connectivity index (χ4n) is 5.33. The number of unbranched alkanes of at least 4 members (excludes halogenated alkanes) is 1. The predicted molar refractivity (Wildman–Crippen MR) is 171 cm³/mol. The third-order valence-electron chi connectivity index (χ3n) is 7.31. The van der Waals surface area contributed by atoms with E-state index in [1.165, 1.54) is 28.5 Å². The number of guanidine groups is 1. The molecular weight excluding hydrogens is 608 g/mol. The number of aromatic nitrogens is 2. The molecular formula is C29H39ClN8O5S. The molecule has 238 valence electrons. The van der Waals surface area contributed by atoms with Gasteiger partial charge in [-0.2, -0.15) is 0 Å². The molecule has 1 aromatic heterocycles. The standard InChI is InChI=1S/C29H39ClN8O5S/c1-28(2,3)43-27(42)38-29(20(44-29)25(40)41)14-16-12-11-15(17-9-4-5-10-18(16)17)8-6-7-13-34-26(33)37-24(39)19-22(31)36-23(32)21(30)35-19/h11-12,20H,4-10,13-14H2,1-3H3,(H,38,42)(H,40,41)(H4,31,32,36)(H3,33,34,37,39)/t20?,29-/m0/s1. The summed E-state index contributed by atoms with van der Waals surface area (Å²) in [6.45, 7) is 5.72. The average molecular weight is 647 g/mol. The molecule has 2 aromatic rings. The van der Waals surface area contributed by atoms with Crippen molar-refractivity contribution in [3.63, 3.8) is 0 Å². The molecule has 15 heteroatoms. The van der Waals surface area contributed by atoms with E-state index >= 15 is 0 Å². The Bertz CT molecular complexity index is 1480. The van der Waals surface area contributed by atoms with E-state index in [2.05, 4.69) is 37.7 Å². The Labute approximate surface area is 265 Å². The number of carboxylic acid groups (broad SMARTS) is 1. The van der Waals surface area contributed by atoms with E-state index in [-0.39, 0.29) is 28.4 Å². The number of hydrogen-bond donors (Lipinski definition) is 6. The van der Waals surface area contributed by atoms with Crippen LogP contribution in [0, 0.1) is 0 Å². The van der Waals surface area contributed by atoms with Crippen LogP contribution in [0.2, 0.25) is 5.15 Å². The number of nitrogens with one attached hydrogen (secondary N) is 2. The Morgan fingerprint density at radius 1 is 1.11 bits per heavy atom. The van der Waals surface area contributed by atoms with Crippen LogP contribution in [0.5, 0.6) is 0 Å². The lowest BCUT2D eigenvalue weighted by molar-refractivity contribution is -0.136. The van der Waals surface area contributed by atoms with Crippen LogP contribution in [0.3, 0.4) is 0 Å². The van der Waals surface area contributed by atoms with Gasteiger partial charge in [-0.3, -0.25) is 19.9 Å². The van der Waals surface area contributed by atoms with E-state index in [1.54, 1.807) is 20.8 Å². The molecule has 1 aliphatic carbocycles. The first-order chi connectivity index (χ1) is 20.7. The fraction of sp³-hybridized carbons (Fsp3) is 0.517. The molecule has 1 unspecified atom stereocenters. The van der Waals surface area contributed by atoms with Gasteiger partial charge in [-0.05, 0) is 88.0 Å². The number of aliphatic carboxylic acids is 1. The van der Waals surface area contributed by atoms with Gasteiger partial charge in [0.25, 0.3) is 5.91 Å². The summed E-state index contributed by atoms with van der Waals surface area (Å²) < 4.78 is 5.43. The van der Waals surface area contributed by atoms with Crippen molar-refractivity contribution < 1.29 is 24.2 Å². The monoisotopic (exact) mass is 646 g/mol. The first-order valence-electron chi connectivity index (χ1n) is 14.4. The van der Waals surface area contributed by atoms with Crippen LogP contribution in [-0.2, 0) is 35.2 Å². The van der Waals surface area contributed by atoms with Gasteiger partial charge in [0, 0.05) is 13.0 Å². The number of nitrogens with two attached hydrogens (primary N) is 3. The molecule has 1 aromatic carbocycles. The maximum Gasteiger partial charge on any atom is 0.408 e. The summed E-state index contributed by atoms with van der Waals surface area (Å²) in [6, 6.07) is 4.18. The van der Waals surface area contributed by atoms with Gasteiger partial charge in [0.1, 0.15) is 15.7 Å². The zero-order chi connectivity index (χ0) is 32.2. The number of anilines is 2. The Hall–Kier alpha value is -3.78. The summed E-state index contributed by atoms with van der Waals surface area (Å²) >= 11 is 7.07. The number of aliphatic imine (C=N–C) groups is 1. The summed E-state index contributed by atoms with van der Waals surface area (Å²) in [5, 5.41) is 14.1. The number of fused-ring (bicyclic) bond motifs is 1. The normalized spacial score (nSPS) is 19.5. The van der Waals surface area contributed by atoms with Crippen LogP contribution in [-0.4, -0.2) is 61.3 Å². The van der Waals surface area contributed by atoms with E-state index < -0.39 is 33.7 Å². The first-order valence-corrected chi connectivity index (χ1v) is 15.7. The minimum atomic E-state index is -0.952. The molecule has 2 heterocycles. The molecule has 0 spiro atoms. The molecule has 1 aliphatic heterocycles. The number of carbonyl (C=O) groups is 3. The summed E-state index contributed by atoms with van der Waals surface area (Å²) in [5.74, 6) is -1.96. The number of hydrogen-bond acceptors (Lipinski definition) is 10. The smallest absolute Gasteiger partial charge is 0.408 e. The van der Waals surface area contributed by atoms with Gasteiger partial charge in [0.05, 0.1) is 0 Å². The minimum absolute atomic E-state index is 0.0718. The van der Waals surface area contributed by atoms with Crippen LogP contribution in [0.1, 0.15) is 79.2 Å². The lowest BCUT2D eigenvalue weighted by atomic mass is 9.82. The predicted octanol–water partition coefficient (Wildman–Crippen LogP) is 3.20. The highest BCUT2D eigenvalue weighted by Crippen LogP contribution is 2.54. The quantitative estimate of drug-likeness (QED) is 0.0951. The third-order valence-corrected chi connectivity index (χ3v) is 9.08. The van der Waals surface area contributed by atoms with E-state index in [0.29, 0.717) is 13.0 Å². The van der Waals surface area contributed by atoms with Crippen LogP contribution in [0.4, 0.5) is 16.4 Å². The van der Waals surface area contributed by atoms with Crippen LogP contribution >= 0.6 is 23.4 Å². The number of alkyl carbamates (subject to hydrolysis) is 1. The molecule has 9 N–H and O–H groups in total. The van der Waals surface area contributed by atoms with Gasteiger partial charge in [-0.1, -0.05) is 23.7 Å². The van der Waals surface area contributed by atoms with Gasteiger partial charge in [-0.25, -0.2) is 14.8 Å². The van der Waals surface area contributed by atoms with Crippen molar-refractivity contribution in [2.45, 2.75) is 87.9 Å². The summed E-state index contributed by atoms with van der Waals surface area (Å²) in [7, 11) is 0. The maximum absolute atomic E-state index is 12.6. The molecule has 1 fully saturated rings. The number of nitrogen functional groups attached to an aromatic ring is 2. The highest BCUT2D eigenvalue weighted by molar-refractivity contribution is 8.09. The number of rotatable bonds is 10. The number of aryl methyl sites for hydroxylation is 1. The molecule has 2 aliphatic rings. The number of ether oxygens (including phenoxy) is 1. The molecule has 1 saturated heterocycles. The third kappa shape index (κ3) is 8.23. The van der Waals surface area contributed by atoms with Crippen molar-refractivity contribution >= 4 is 58.9 Å². The molecule has 0 bridgehead atoms. The van der Waals surface area contributed by atoms with Gasteiger partial charge < -0.3 is 32.4 Å². The molecule has 4 rings (SSSR count). The molecule has 2 atom stereocenters. The van der Waals surface area contributed by atoms with Crippen molar-refractivity contribution in [2.24, 2.45) is 10.7 Å². The lowest BCUT2D eigenvalue weighted by Crippen LogP contribution is -2.45. The Kier molecular flexibility index (Phi) is 10.1. The summed E-state index contributed by atoms with van der Waals surface area (Å²) in [5.41, 5.74) is 21.1. The topological polar surface area (TPSA) is 221 Å². The largest absolute Gasteiger partial charge is 0.480 e. The number of thioether (sulfide) groups is 1. The minimum Gasteiger partial charge on any atom is -0.480 e. The van der Waals surface area contributed by atoms with Gasteiger partial charge in [0.15, 0.2) is 28.4 Å². The van der Waals surface area contributed by atoms with Crippen LogP contribution in [0.15, 0.2) is 17.1 Å². The number of carboxylic acids is 1. The molecule has 2 amide bonds. The number of amides is 2. The average Bonchev–Trinajstić information content (AvgIpc) is 3.63. The second-order valence-corrected chi connectivity index (χ2v) is 13.7. The van der Waals surface area contributed by atoms with Crippen LogP contribution in [0.25, 0.3) is 0 Å². The highest BCUT2D eigenvalue weighted by Gasteiger charge is 2.62. The van der Waals surface area contributed by atoms with Gasteiger partial charge >= 0.3 is 12.1 Å². The van der Waals surface area contributed by atoms with Crippen molar-refractivity contribution in [2.75, 3.05) is 18.0 Å². The van der Waals surface area contributed by atoms with E-state index in [1.807, 2.05) is 0 Å². The molecule has 13 nitrogen and oxygen atoms in total. The molecule has 0 saturated carbocycles. The van der Waals surface area contributed by atoms with E-state index in [9.17, 15) is 19.5 Å². The zero-order valence-electron chi connectivity index (χ0n) is 25.0. The first kappa shape index (κ1) is 33.1. The number of halogens is 1. The molecule has 0 radical (unpaired) electrons. The SMILES string of the molecule is CC(C)(C)OC(=O)N[C@@]1(Cc2ccc(CCCCN=C(N)NC(=O)c3nc(Cl)c(N)nc3N)c3c2CCCC3)SC1C(=O)O.